The zero-order valence-electron chi connectivity index (χ0n) is 13.1. The van der Waals surface area contributed by atoms with Crippen molar-refractivity contribution >= 4 is 68.2 Å². The summed E-state index contributed by atoms with van der Waals surface area (Å²) in [6.07, 6.45) is 2.84. The average molecular weight is 503 g/mol. The van der Waals surface area contributed by atoms with Gasteiger partial charge in [-0.15, -0.1) is 0 Å². The standard InChI is InChI=1S/C15H11BrCl2FNO4S2/c1-15(6-5-10(16)11(17)8-15)26(23,24)20-13(25(18,21)22)7-9-3-2-4-12(19)14(9)20/h2-5,7-8H,6H2,1H3. The number of aromatic nitrogens is 1. The monoisotopic (exact) mass is 501 g/mol. The second-order valence-electron chi connectivity index (χ2n) is 5.93. The van der Waals surface area contributed by atoms with Gasteiger partial charge in [0.25, 0.3) is 9.05 Å². The molecular weight excluding hydrogens is 492 g/mol. The lowest BCUT2D eigenvalue weighted by Crippen LogP contribution is -2.39. The Labute approximate surface area is 167 Å². The van der Waals surface area contributed by atoms with Crippen molar-refractivity contribution in [3.8, 4) is 0 Å². The number of halogens is 4. The molecule has 26 heavy (non-hydrogen) atoms. The SMILES string of the molecule is CC1(S(=O)(=O)n2c(S(=O)(=O)Cl)cc3cccc(F)c32)C=C(Cl)C(Br)=CC1. The lowest BCUT2D eigenvalue weighted by Gasteiger charge is -2.29. The van der Waals surface area contributed by atoms with Gasteiger partial charge in [-0.2, -0.15) is 0 Å². The van der Waals surface area contributed by atoms with Gasteiger partial charge in [-0.3, -0.25) is 0 Å². The second kappa shape index (κ2) is 6.34. The first-order valence-electron chi connectivity index (χ1n) is 7.13. The molecule has 0 aliphatic heterocycles. The predicted molar refractivity (Wildman–Crippen MR) is 103 cm³/mol. The lowest BCUT2D eigenvalue weighted by atomic mass is 10.0. The molecule has 5 nitrogen and oxygen atoms in total. The highest BCUT2D eigenvalue weighted by atomic mass is 79.9. The third-order valence-corrected chi connectivity index (χ3v) is 9.13. The molecule has 0 spiro atoms. The molecule has 1 atom stereocenters. The van der Waals surface area contributed by atoms with E-state index >= 15 is 0 Å². The Morgan fingerprint density at radius 3 is 2.50 bits per heavy atom. The van der Waals surface area contributed by atoms with Crippen LogP contribution in [-0.4, -0.2) is 25.6 Å². The topological polar surface area (TPSA) is 73.2 Å². The van der Waals surface area contributed by atoms with E-state index in [4.69, 9.17) is 22.3 Å². The van der Waals surface area contributed by atoms with Gasteiger partial charge in [-0.25, -0.2) is 25.2 Å². The molecule has 0 fully saturated rings. The minimum atomic E-state index is -4.47. The maximum absolute atomic E-state index is 14.4. The number of rotatable bonds is 3. The first-order chi connectivity index (χ1) is 11.9. The van der Waals surface area contributed by atoms with Gasteiger partial charge in [0, 0.05) is 20.6 Å². The van der Waals surface area contributed by atoms with Crippen LogP contribution in [0.1, 0.15) is 13.3 Å². The maximum atomic E-state index is 14.4. The third kappa shape index (κ3) is 3.03. The fourth-order valence-corrected chi connectivity index (χ4v) is 6.72. The first-order valence-corrected chi connectivity index (χ1v) is 12.0. The fraction of sp³-hybridized carbons (Fsp3) is 0.200. The van der Waals surface area contributed by atoms with Crippen molar-refractivity contribution in [3.63, 3.8) is 0 Å². The molecule has 0 saturated heterocycles. The van der Waals surface area contributed by atoms with E-state index in [1.807, 2.05) is 0 Å². The quantitative estimate of drug-likeness (QED) is 0.581. The predicted octanol–water partition coefficient (Wildman–Crippen LogP) is 4.45. The summed E-state index contributed by atoms with van der Waals surface area (Å²) in [6.45, 7) is 1.37. The molecule has 1 heterocycles. The van der Waals surface area contributed by atoms with Crippen LogP contribution in [0, 0.1) is 5.82 Å². The molecule has 0 bridgehead atoms. The molecule has 1 aromatic heterocycles. The summed E-state index contributed by atoms with van der Waals surface area (Å²) >= 11 is 9.25. The maximum Gasteiger partial charge on any atom is 0.277 e. The Balaban J connectivity index is 2.42. The Hall–Kier alpha value is -0.870. The minimum absolute atomic E-state index is 0.00202. The van der Waals surface area contributed by atoms with E-state index in [0.29, 0.717) is 8.45 Å². The number of allylic oxidation sites excluding steroid dienone is 3. The number of fused-ring (bicyclic) bond motifs is 1. The highest BCUT2D eigenvalue weighted by Gasteiger charge is 2.43. The number of benzene rings is 1. The highest BCUT2D eigenvalue weighted by Crippen LogP contribution is 2.40. The summed E-state index contributed by atoms with van der Waals surface area (Å²) in [5.74, 6) is -0.885. The molecule has 1 aliphatic carbocycles. The second-order valence-corrected chi connectivity index (χ2v) is 12.0. The Morgan fingerprint density at radius 1 is 1.27 bits per heavy atom. The summed E-state index contributed by atoms with van der Waals surface area (Å²) in [4.78, 5) is 0. The van der Waals surface area contributed by atoms with E-state index in [2.05, 4.69) is 15.9 Å². The number of nitrogens with zero attached hydrogens (tertiary/aromatic N) is 1. The van der Waals surface area contributed by atoms with Crippen molar-refractivity contribution in [2.24, 2.45) is 0 Å². The summed E-state index contributed by atoms with van der Waals surface area (Å²) in [7, 11) is -3.49. The molecule has 1 aliphatic rings. The van der Waals surface area contributed by atoms with Crippen molar-refractivity contribution in [2.45, 2.75) is 23.1 Å². The van der Waals surface area contributed by atoms with Gasteiger partial charge < -0.3 is 0 Å². The van der Waals surface area contributed by atoms with Gasteiger partial charge in [0.15, 0.2) is 5.03 Å². The Morgan fingerprint density at radius 2 is 1.92 bits per heavy atom. The van der Waals surface area contributed by atoms with Crippen LogP contribution in [0.3, 0.4) is 0 Å². The fourth-order valence-electron chi connectivity index (χ4n) is 2.75. The van der Waals surface area contributed by atoms with E-state index in [1.165, 1.54) is 25.1 Å². The highest BCUT2D eigenvalue weighted by molar-refractivity contribution is 9.12. The average Bonchev–Trinajstić information content (AvgIpc) is 2.93. The van der Waals surface area contributed by atoms with Crippen molar-refractivity contribution in [1.29, 1.82) is 0 Å². The first kappa shape index (κ1) is 19.9. The number of hydrogen-bond acceptors (Lipinski definition) is 4. The van der Waals surface area contributed by atoms with Crippen LogP contribution in [0.15, 0.2) is 51.0 Å². The van der Waals surface area contributed by atoms with Gasteiger partial charge in [-0.1, -0.05) is 29.8 Å². The summed E-state index contributed by atoms with van der Waals surface area (Å²) < 4.78 is 64.5. The number of para-hydroxylation sites is 1. The zero-order chi connectivity index (χ0) is 19.5. The van der Waals surface area contributed by atoms with Crippen LogP contribution < -0.4 is 0 Å². The van der Waals surface area contributed by atoms with E-state index in [1.54, 1.807) is 6.08 Å². The summed E-state index contributed by atoms with van der Waals surface area (Å²) in [6, 6.07) is 4.82. The van der Waals surface area contributed by atoms with Crippen LogP contribution in [0.4, 0.5) is 4.39 Å². The van der Waals surface area contributed by atoms with Crippen LogP contribution >= 0.6 is 38.2 Å². The summed E-state index contributed by atoms with van der Waals surface area (Å²) in [5.41, 5.74) is -0.383. The normalized spacial score (nSPS) is 21.6. The van der Waals surface area contributed by atoms with Crippen molar-refractivity contribution < 1.29 is 21.2 Å². The van der Waals surface area contributed by atoms with Gasteiger partial charge in [0.2, 0.25) is 10.0 Å². The molecule has 11 heteroatoms. The molecule has 0 saturated carbocycles. The van der Waals surface area contributed by atoms with Crippen LogP contribution in [0.25, 0.3) is 10.9 Å². The molecule has 1 aromatic carbocycles. The Bertz CT molecular complexity index is 1200. The largest absolute Gasteiger partial charge is 0.277 e. The van der Waals surface area contributed by atoms with Gasteiger partial charge in [0.1, 0.15) is 16.1 Å². The van der Waals surface area contributed by atoms with Crippen LogP contribution in [0.5, 0.6) is 0 Å². The lowest BCUT2D eigenvalue weighted by molar-refractivity contribution is 0.545. The molecule has 0 amide bonds. The van der Waals surface area contributed by atoms with Crippen LogP contribution in [0.2, 0.25) is 0 Å². The minimum Gasteiger partial charge on any atom is -0.222 e. The molecule has 0 N–H and O–H groups in total. The molecular formula is C15H11BrCl2FNO4S2. The molecule has 1 unspecified atom stereocenters. The van der Waals surface area contributed by atoms with Crippen molar-refractivity contribution in [3.05, 3.63) is 51.7 Å². The van der Waals surface area contributed by atoms with Gasteiger partial charge in [0.05, 0.1) is 5.03 Å². The van der Waals surface area contributed by atoms with Crippen LogP contribution in [-0.2, 0) is 19.1 Å². The molecule has 2 aromatic rings. The van der Waals surface area contributed by atoms with E-state index in [9.17, 15) is 21.2 Å². The van der Waals surface area contributed by atoms with E-state index in [-0.39, 0.29) is 22.4 Å². The van der Waals surface area contributed by atoms with E-state index in [0.717, 1.165) is 12.1 Å². The molecule has 0 radical (unpaired) electrons. The Kier molecular flexibility index (Phi) is 4.85. The van der Waals surface area contributed by atoms with E-state index < -0.39 is 34.7 Å². The van der Waals surface area contributed by atoms with Crippen molar-refractivity contribution in [2.75, 3.05) is 0 Å². The van der Waals surface area contributed by atoms with Gasteiger partial charge >= 0.3 is 0 Å². The molecule has 140 valence electrons. The third-order valence-electron chi connectivity index (χ3n) is 4.13. The van der Waals surface area contributed by atoms with Crippen molar-refractivity contribution in [1.82, 2.24) is 3.97 Å². The smallest absolute Gasteiger partial charge is 0.222 e. The summed E-state index contributed by atoms with van der Waals surface area (Å²) in [5, 5.41) is -0.479. The zero-order valence-corrected chi connectivity index (χ0v) is 17.8. The molecule has 3 rings (SSSR count). The number of hydrogen-bond donors (Lipinski definition) is 0. The van der Waals surface area contributed by atoms with Gasteiger partial charge in [-0.05, 0) is 47.5 Å².